The molecule has 0 aliphatic rings. The van der Waals surface area contributed by atoms with E-state index in [1.54, 1.807) is 7.11 Å². The first-order valence-corrected chi connectivity index (χ1v) is 8.36. The van der Waals surface area contributed by atoms with Crippen LogP contribution in [-0.2, 0) is 4.79 Å². The normalized spacial score (nSPS) is 10.8. The molecule has 0 atom stereocenters. The number of carbonyl (C=O) groups is 1. The molecule has 130 valence electrons. The molecule has 0 bridgehead atoms. The zero-order valence-electron chi connectivity index (χ0n) is 14.6. The van der Waals surface area contributed by atoms with E-state index >= 15 is 0 Å². The van der Waals surface area contributed by atoms with Crippen LogP contribution in [0, 0.1) is 0 Å². The van der Waals surface area contributed by atoms with Crippen LogP contribution in [0.2, 0.25) is 0 Å². The molecule has 26 heavy (non-hydrogen) atoms. The predicted molar refractivity (Wildman–Crippen MR) is 106 cm³/mol. The summed E-state index contributed by atoms with van der Waals surface area (Å²) in [4.78, 5) is 14.6. The zero-order chi connectivity index (χ0) is 18.1. The number of nitrogens with one attached hydrogen (secondary N) is 3. The summed E-state index contributed by atoms with van der Waals surface area (Å²) in [5.74, 6) is 0.735. The number of hydrogen-bond acceptors (Lipinski definition) is 3. The Kier molecular flexibility index (Phi) is 3.97. The average molecular weight is 345 g/mol. The largest absolute Gasteiger partial charge is 0.497 e. The maximum atomic E-state index is 11.2. The monoisotopic (exact) mass is 345 g/mol. The van der Waals surface area contributed by atoms with Crippen molar-refractivity contribution in [2.45, 2.75) is 6.92 Å². The SMILES string of the molecule is COc1cccc(Nc2ccc3[nH]c4cc(NC(C)=O)ccc4c3c2)c1. The first kappa shape index (κ1) is 16.0. The number of aromatic amines is 1. The minimum absolute atomic E-state index is 0.0785. The fourth-order valence-corrected chi connectivity index (χ4v) is 3.13. The van der Waals surface area contributed by atoms with E-state index in [2.05, 4.69) is 27.8 Å². The summed E-state index contributed by atoms with van der Waals surface area (Å²) < 4.78 is 5.27. The number of carbonyl (C=O) groups excluding carboxylic acids is 1. The highest BCUT2D eigenvalue weighted by molar-refractivity contribution is 6.09. The number of ether oxygens (including phenoxy) is 1. The Balaban J connectivity index is 1.71. The van der Waals surface area contributed by atoms with Gasteiger partial charge in [0.1, 0.15) is 5.75 Å². The number of hydrogen-bond donors (Lipinski definition) is 3. The molecule has 0 unspecified atom stereocenters. The van der Waals surface area contributed by atoms with Gasteiger partial charge in [-0.05, 0) is 42.5 Å². The van der Waals surface area contributed by atoms with Crippen molar-refractivity contribution >= 4 is 44.8 Å². The lowest BCUT2D eigenvalue weighted by atomic mass is 10.1. The van der Waals surface area contributed by atoms with Crippen LogP contribution in [0.1, 0.15) is 6.92 Å². The van der Waals surface area contributed by atoms with Gasteiger partial charge in [0.05, 0.1) is 7.11 Å². The molecule has 5 heteroatoms. The summed E-state index contributed by atoms with van der Waals surface area (Å²) in [5.41, 5.74) is 4.79. The number of amides is 1. The molecule has 1 heterocycles. The van der Waals surface area contributed by atoms with Crippen molar-refractivity contribution in [1.82, 2.24) is 4.98 Å². The van der Waals surface area contributed by atoms with E-state index in [0.717, 1.165) is 44.6 Å². The second-order valence-corrected chi connectivity index (χ2v) is 6.18. The van der Waals surface area contributed by atoms with E-state index in [9.17, 15) is 4.79 Å². The van der Waals surface area contributed by atoms with E-state index in [0.29, 0.717) is 0 Å². The Morgan fingerprint density at radius 1 is 0.885 bits per heavy atom. The highest BCUT2D eigenvalue weighted by atomic mass is 16.5. The number of aromatic nitrogens is 1. The first-order valence-electron chi connectivity index (χ1n) is 8.36. The summed E-state index contributed by atoms with van der Waals surface area (Å²) in [5, 5.41) is 8.47. The van der Waals surface area contributed by atoms with Crippen molar-refractivity contribution in [2.24, 2.45) is 0 Å². The molecule has 0 radical (unpaired) electrons. The van der Waals surface area contributed by atoms with Crippen LogP contribution < -0.4 is 15.4 Å². The van der Waals surface area contributed by atoms with Gasteiger partial charge in [0, 0.05) is 51.9 Å². The molecule has 0 fully saturated rings. The van der Waals surface area contributed by atoms with Crippen LogP contribution in [0.4, 0.5) is 17.1 Å². The molecule has 3 aromatic carbocycles. The molecule has 0 saturated heterocycles. The number of benzene rings is 3. The summed E-state index contributed by atoms with van der Waals surface area (Å²) in [7, 11) is 1.66. The smallest absolute Gasteiger partial charge is 0.221 e. The summed E-state index contributed by atoms with van der Waals surface area (Å²) in [6.07, 6.45) is 0. The van der Waals surface area contributed by atoms with Crippen LogP contribution in [-0.4, -0.2) is 18.0 Å². The van der Waals surface area contributed by atoms with Gasteiger partial charge in [-0.1, -0.05) is 12.1 Å². The molecule has 1 amide bonds. The Morgan fingerprint density at radius 3 is 2.50 bits per heavy atom. The maximum Gasteiger partial charge on any atom is 0.221 e. The quantitative estimate of drug-likeness (QED) is 0.486. The van der Waals surface area contributed by atoms with Crippen LogP contribution in [0.25, 0.3) is 21.8 Å². The second-order valence-electron chi connectivity index (χ2n) is 6.18. The summed E-state index contributed by atoms with van der Waals surface area (Å²) in [6, 6.07) is 19.9. The van der Waals surface area contributed by atoms with E-state index in [-0.39, 0.29) is 5.91 Å². The van der Waals surface area contributed by atoms with E-state index in [1.165, 1.54) is 6.92 Å². The third-order valence-corrected chi connectivity index (χ3v) is 4.28. The van der Waals surface area contributed by atoms with Crippen molar-refractivity contribution in [2.75, 3.05) is 17.7 Å². The molecule has 5 nitrogen and oxygen atoms in total. The third kappa shape index (κ3) is 3.07. The van der Waals surface area contributed by atoms with E-state index in [4.69, 9.17) is 4.74 Å². The maximum absolute atomic E-state index is 11.2. The standard InChI is InChI=1S/C21H19N3O2/c1-13(25)22-16-6-8-18-19-11-15(7-9-20(19)24-21(18)12-16)23-14-4-3-5-17(10-14)26-2/h3-12,23-24H,1-2H3,(H,22,25). The Labute approximate surface area is 151 Å². The molecular formula is C21H19N3O2. The van der Waals surface area contributed by atoms with Crippen LogP contribution in [0.3, 0.4) is 0 Å². The highest BCUT2D eigenvalue weighted by Gasteiger charge is 2.07. The molecular weight excluding hydrogens is 326 g/mol. The van der Waals surface area contributed by atoms with E-state index in [1.807, 2.05) is 48.5 Å². The molecule has 0 aliphatic heterocycles. The van der Waals surface area contributed by atoms with Crippen LogP contribution in [0.5, 0.6) is 5.75 Å². The molecule has 4 rings (SSSR count). The van der Waals surface area contributed by atoms with Crippen LogP contribution in [0.15, 0.2) is 60.7 Å². The van der Waals surface area contributed by atoms with Gasteiger partial charge in [-0.2, -0.15) is 0 Å². The number of fused-ring (bicyclic) bond motifs is 3. The minimum Gasteiger partial charge on any atom is -0.497 e. The Bertz CT molecular complexity index is 1110. The fraction of sp³-hybridized carbons (Fsp3) is 0.0952. The van der Waals surface area contributed by atoms with Gasteiger partial charge in [-0.3, -0.25) is 4.79 Å². The molecule has 0 saturated carbocycles. The number of rotatable bonds is 4. The predicted octanol–water partition coefficient (Wildman–Crippen LogP) is 5.03. The molecule has 4 aromatic rings. The zero-order valence-corrected chi connectivity index (χ0v) is 14.6. The van der Waals surface area contributed by atoms with Gasteiger partial charge in [-0.25, -0.2) is 0 Å². The van der Waals surface area contributed by atoms with Crippen molar-refractivity contribution in [3.05, 3.63) is 60.7 Å². The fourth-order valence-electron chi connectivity index (χ4n) is 3.13. The van der Waals surface area contributed by atoms with Gasteiger partial charge in [0.25, 0.3) is 0 Å². The lowest BCUT2D eigenvalue weighted by molar-refractivity contribution is -0.114. The van der Waals surface area contributed by atoms with Gasteiger partial charge in [0.15, 0.2) is 0 Å². The minimum atomic E-state index is -0.0785. The van der Waals surface area contributed by atoms with Crippen molar-refractivity contribution < 1.29 is 9.53 Å². The van der Waals surface area contributed by atoms with Gasteiger partial charge >= 0.3 is 0 Å². The second kappa shape index (κ2) is 6.44. The summed E-state index contributed by atoms with van der Waals surface area (Å²) >= 11 is 0. The lowest BCUT2D eigenvalue weighted by Gasteiger charge is -2.08. The van der Waals surface area contributed by atoms with Gasteiger partial charge in [-0.15, -0.1) is 0 Å². The first-order chi connectivity index (χ1) is 12.6. The highest BCUT2D eigenvalue weighted by Crippen LogP contribution is 2.31. The number of anilines is 3. The Morgan fingerprint density at radius 2 is 1.69 bits per heavy atom. The van der Waals surface area contributed by atoms with E-state index < -0.39 is 0 Å². The summed E-state index contributed by atoms with van der Waals surface area (Å²) in [6.45, 7) is 1.51. The number of methoxy groups -OCH3 is 1. The van der Waals surface area contributed by atoms with Crippen LogP contribution >= 0.6 is 0 Å². The third-order valence-electron chi connectivity index (χ3n) is 4.28. The van der Waals surface area contributed by atoms with Gasteiger partial charge < -0.3 is 20.4 Å². The average Bonchev–Trinajstić information content (AvgIpc) is 2.98. The molecule has 0 spiro atoms. The molecule has 1 aromatic heterocycles. The van der Waals surface area contributed by atoms with Crippen molar-refractivity contribution in [1.29, 1.82) is 0 Å². The lowest BCUT2D eigenvalue weighted by Crippen LogP contribution is -2.05. The van der Waals surface area contributed by atoms with Crippen molar-refractivity contribution in [3.8, 4) is 5.75 Å². The molecule has 3 N–H and O–H groups in total. The van der Waals surface area contributed by atoms with Crippen molar-refractivity contribution in [3.63, 3.8) is 0 Å². The molecule has 0 aliphatic carbocycles. The number of H-pyrrole nitrogens is 1. The Hall–Kier alpha value is -3.47. The topological polar surface area (TPSA) is 66.2 Å². The van der Waals surface area contributed by atoms with Gasteiger partial charge in [0.2, 0.25) is 5.91 Å².